The number of hydrogen-bond acceptors (Lipinski definition) is 4. The van der Waals surface area contributed by atoms with E-state index in [4.69, 9.17) is 18.6 Å². The molecule has 2 heterocycles. The van der Waals surface area contributed by atoms with Gasteiger partial charge >= 0.3 is 0 Å². The Hall–Kier alpha value is 0.0569. The fraction of sp³-hybridized carbons (Fsp3) is 1.00. The molecule has 2 saturated heterocycles. The third kappa shape index (κ3) is 3.12. The predicted molar refractivity (Wildman–Crippen MR) is 81.3 cm³/mol. The maximum Gasteiger partial charge on any atom is 0.192 e. The highest BCUT2D eigenvalue weighted by molar-refractivity contribution is 6.74. The van der Waals surface area contributed by atoms with Crippen LogP contribution >= 0.6 is 0 Å². The molecule has 2 fully saturated rings. The molecule has 0 radical (unpaired) electrons. The van der Waals surface area contributed by atoms with E-state index in [1.165, 1.54) is 0 Å². The summed E-state index contributed by atoms with van der Waals surface area (Å²) in [5.74, 6) is -0.511. The Balaban J connectivity index is 1.98. The van der Waals surface area contributed by atoms with Crippen LogP contribution in [0, 0.1) is 0 Å². The van der Waals surface area contributed by atoms with E-state index in [2.05, 4.69) is 40.8 Å². The van der Waals surface area contributed by atoms with Crippen molar-refractivity contribution in [3.05, 3.63) is 0 Å². The second kappa shape index (κ2) is 5.06. The van der Waals surface area contributed by atoms with Crippen LogP contribution in [0.3, 0.4) is 0 Å². The minimum absolute atomic E-state index is 0.00947. The molecular formula is C15H30O4Si. The fourth-order valence-corrected chi connectivity index (χ4v) is 3.55. The zero-order chi connectivity index (χ0) is 15.3. The van der Waals surface area contributed by atoms with Gasteiger partial charge in [0.2, 0.25) is 0 Å². The molecule has 2 aliphatic heterocycles. The summed E-state index contributed by atoms with van der Waals surface area (Å²) in [5, 5.41) is 0.211. The molecule has 1 unspecified atom stereocenters. The van der Waals surface area contributed by atoms with Gasteiger partial charge in [0, 0.05) is 0 Å². The fourth-order valence-electron chi connectivity index (χ4n) is 2.54. The van der Waals surface area contributed by atoms with E-state index in [9.17, 15) is 0 Å². The molecule has 0 aromatic carbocycles. The number of fused-ring (bicyclic) bond motifs is 1. The zero-order valence-electron chi connectivity index (χ0n) is 14.1. The van der Waals surface area contributed by atoms with Crippen LogP contribution in [0.2, 0.25) is 18.1 Å². The monoisotopic (exact) mass is 302 g/mol. The van der Waals surface area contributed by atoms with Crippen molar-refractivity contribution in [3.8, 4) is 0 Å². The van der Waals surface area contributed by atoms with Crippen molar-refractivity contribution in [2.24, 2.45) is 0 Å². The molecule has 0 amide bonds. The largest absolute Gasteiger partial charge is 0.414 e. The molecule has 2 aliphatic rings. The topological polar surface area (TPSA) is 36.9 Å². The SMILES string of the molecule is CC1O[C@@H](CO[Si](C)(C)C(C)(C)C)[C@@H]2OC(C)(C)O[C@H]12. The first-order chi connectivity index (χ1) is 8.93. The van der Waals surface area contributed by atoms with Gasteiger partial charge in [-0.2, -0.15) is 0 Å². The maximum absolute atomic E-state index is 6.28. The van der Waals surface area contributed by atoms with Crippen molar-refractivity contribution in [2.75, 3.05) is 6.61 Å². The van der Waals surface area contributed by atoms with E-state index in [1.807, 2.05) is 13.8 Å². The van der Waals surface area contributed by atoms with Gasteiger partial charge < -0.3 is 18.6 Å². The van der Waals surface area contributed by atoms with Crippen LogP contribution in [-0.4, -0.2) is 45.1 Å². The first-order valence-corrected chi connectivity index (χ1v) is 10.5. The summed E-state index contributed by atoms with van der Waals surface area (Å²) in [6, 6.07) is 0. The van der Waals surface area contributed by atoms with E-state index >= 15 is 0 Å². The van der Waals surface area contributed by atoms with Gasteiger partial charge in [-0.3, -0.25) is 0 Å². The summed E-state index contributed by atoms with van der Waals surface area (Å²) in [6.45, 7) is 17.8. The van der Waals surface area contributed by atoms with Gasteiger partial charge in [0.1, 0.15) is 18.3 Å². The quantitative estimate of drug-likeness (QED) is 0.750. The molecule has 0 aliphatic carbocycles. The summed E-state index contributed by atoms with van der Waals surface area (Å²) in [4.78, 5) is 0. The highest BCUT2D eigenvalue weighted by Crippen LogP contribution is 2.40. The lowest BCUT2D eigenvalue weighted by molar-refractivity contribution is -0.187. The molecule has 0 N–H and O–H groups in total. The highest BCUT2D eigenvalue weighted by Gasteiger charge is 2.54. The molecule has 0 bridgehead atoms. The predicted octanol–water partition coefficient (Wildman–Crippen LogP) is 3.32. The Bertz CT molecular complexity index is 361. The van der Waals surface area contributed by atoms with Crippen molar-refractivity contribution >= 4 is 8.32 Å². The Morgan fingerprint density at radius 1 is 1.10 bits per heavy atom. The second-order valence-corrected chi connectivity index (χ2v) is 12.8. The summed E-state index contributed by atoms with van der Waals surface area (Å²) in [6.07, 6.45) is 0.0588. The Morgan fingerprint density at radius 3 is 2.20 bits per heavy atom. The van der Waals surface area contributed by atoms with Crippen molar-refractivity contribution in [1.82, 2.24) is 0 Å². The summed E-state index contributed by atoms with van der Waals surface area (Å²) < 4.78 is 24.2. The van der Waals surface area contributed by atoms with Crippen molar-refractivity contribution < 1.29 is 18.6 Å². The minimum Gasteiger partial charge on any atom is -0.414 e. The van der Waals surface area contributed by atoms with Gasteiger partial charge in [0.25, 0.3) is 0 Å². The average Bonchev–Trinajstić information content (AvgIpc) is 2.70. The van der Waals surface area contributed by atoms with Crippen LogP contribution in [0.5, 0.6) is 0 Å². The molecule has 0 aromatic heterocycles. The first kappa shape index (κ1) is 16.4. The summed E-state index contributed by atoms with van der Waals surface area (Å²) >= 11 is 0. The molecule has 118 valence electrons. The van der Waals surface area contributed by atoms with E-state index in [0.29, 0.717) is 6.61 Å². The number of rotatable bonds is 3. The molecule has 2 rings (SSSR count). The molecule has 4 nitrogen and oxygen atoms in total. The third-order valence-corrected chi connectivity index (χ3v) is 9.30. The Kier molecular flexibility index (Phi) is 4.15. The van der Waals surface area contributed by atoms with Gasteiger partial charge in [-0.1, -0.05) is 20.8 Å². The standard InChI is InChI=1S/C15H30O4Si/c1-10-12-13(19-15(5,6)18-12)11(17-10)9-16-20(7,8)14(2,3)4/h10-13H,9H2,1-8H3/t10?,11-,12+,13-/m0/s1. The Labute approximate surface area is 124 Å². The van der Waals surface area contributed by atoms with E-state index in [0.717, 1.165) is 0 Å². The van der Waals surface area contributed by atoms with Gasteiger partial charge in [-0.05, 0) is 38.9 Å². The third-order valence-electron chi connectivity index (χ3n) is 4.80. The van der Waals surface area contributed by atoms with Gasteiger partial charge in [-0.25, -0.2) is 0 Å². The van der Waals surface area contributed by atoms with Crippen molar-refractivity contribution in [3.63, 3.8) is 0 Å². The zero-order valence-corrected chi connectivity index (χ0v) is 15.1. The maximum atomic E-state index is 6.28. The molecule has 0 saturated carbocycles. The van der Waals surface area contributed by atoms with Crippen LogP contribution in [-0.2, 0) is 18.6 Å². The molecule has 20 heavy (non-hydrogen) atoms. The van der Waals surface area contributed by atoms with Gasteiger partial charge in [-0.15, -0.1) is 0 Å². The number of ether oxygens (including phenoxy) is 3. The van der Waals surface area contributed by atoms with Crippen LogP contribution in [0.25, 0.3) is 0 Å². The van der Waals surface area contributed by atoms with Crippen molar-refractivity contribution in [1.29, 1.82) is 0 Å². The molecular weight excluding hydrogens is 272 g/mol. The van der Waals surface area contributed by atoms with E-state index < -0.39 is 14.1 Å². The van der Waals surface area contributed by atoms with E-state index in [1.54, 1.807) is 0 Å². The van der Waals surface area contributed by atoms with Crippen LogP contribution in [0.4, 0.5) is 0 Å². The lowest BCUT2D eigenvalue weighted by atomic mass is 10.1. The van der Waals surface area contributed by atoms with Gasteiger partial charge in [0.05, 0.1) is 12.7 Å². The summed E-state index contributed by atoms with van der Waals surface area (Å²) in [7, 11) is -1.75. The minimum atomic E-state index is -1.75. The van der Waals surface area contributed by atoms with E-state index in [-0.39, 0.29) is 29.5 Å². The number of hydrogen-bond donors (Lipinski definition) is 0. The molecule has 0 spiro atoms. The van der Waals surface area contributed by atoms with Crippen LogP contribution in [0.15, 0.2) is 0 Å². The second-order valence-electron chi connectivity index (χ2n) is 8.02. The Morgan fingerprint density at radius 2 is 1.65 bits per heavy atom. The van der Waals surface area contributed by atoms with Crippen molar-refractivity contribution in [2.45, 2.75) is 89.9 Å². The molecule has 0 aromatic rings. The lowest BCUT2D eigenvalue weighted by Gasteiger charge is -2.37. The first-order valence-electron chi connectivity index (χ1n) is 7.58. The smallest absolute Gasteiger partial charge is 0.192 e. The van der Waals surface area contributed by atoms with Crippen LogP contribution < -0.4 is 0 Å². The van der Waals surface area contributed by atoms with Crippen LogP contribution in [0.1, 0.15) is 41.5 Å². The summed E-state index contributed by atoms with van der Waals surface area (Å²) in [5.41, 5.74) is 0. The highest BCUT2D eigenvalue weighted by atomic mass is 28.4. The lowest BCUT2D eigenvalue weighted by Crippen LogP contribution is -2.44. The van der Waals surface area contributed by atoms with Gasteiger partial charge in [0.15, 0.2) is 14.1 Å². The normalized spacial score (nSPS) is 37.2. The molecule has 4 atom stereocenters. The molecule has 5 heteroatoms. The average molecular weight is 302 g/mol.